The summed E-state index contributed by atoms with van der Waals surface area (Å²) in [5, 5.41) is 15.7. The maximum Gasteiger partial charge on any atom is 0.337 e. The van der Waals surface area contributed by atoms with Crippen molar-refractivity contribution >= 4 is 35.3 Å². The van der Waals surface area contributed by atoms with Crippen LogP contribution in [-0.2, 0) is 14.3 Å². The van der Waals surface area contributed by atoms with Gasteiger partial charge in [-0.2, -0.15) is 5.10 Å². The number of aryl methyl sites for hydroxylation is 1. The van der Waals surface area contributed by atoms with E-state index >= 15 is 0 Å². The fourth-order valence-corrected chi connectivity index (χ4v) is 3.56. The lowest BCUT2D eigenvalue weighted by Gasteiger charge is -2.15. The summed E-state index contributed by atoms with van der Waals surface area (Å²) in [6.45, 7) is 3.96. The molecule has 3 rings (SSSR count). The van der Waals surface area contributed by atoms with Crippen LogP contribution in [-0.4, -0.2) is 35.8 Å². The number of amides is 1. The van der Waals surface area contributed by atoms with Crippen LogP contribution in [0.25, 0.3) is 6.08 Å². The van der Waals surface area contributed by atoms with Gasteiger partial charge in [0.1, 0.15) is 0 Å². The number of carboxylic acid groups (broad SMARTS) is 1. The predicted molar refractivity (Wildman–Crippen MR) is 123 cm³/mol. The van der Waals surface area contributed by atoms with E-state index in [0.717, 1.165) is 12.0 Å². The third-order valence-electron chi connectivity index (χ3n) is 5.29. The van der Waals surface area contributed by atoms with Gasteiger partial charge in [0.25, 0.3) is 5.91 Å². The molecule has 1 amide bonds. The highest BCUT2D eigenvalue weighted by atomic mass is 16.5. The molecule has 1 N–H and O–H groups in total. The van der Waals surface area contributed by atoms with Crippen molar-refractivity contribution in [3.8, 4) is 0 Å². The second-order valence-electron chi connectivity index (χ2n) is 7.67. The van der Waals surface area contributed by atoms with Crippen molar-refractivity contribution in [1.82, 2.24) is 0 Å². The molecule has 0 aromatic heterocycles. The van der Waals surface area contributed by atoms with Crippen LogP contribution in [0, 0.1) is 12.8 Å². The predicted octanol–water partition coefficient (Wildman–Crippen LogP) is 4.46. The fraction of sp³-hybridized carbons (Fsp3) is 0.280. The molecule has 7 nitrogen and oxygen atoms in total. The zero-order valence-electron chi connectivity index (χ0n) is 18.4. The van der Waals surface area contributed by atoms with Gasteiger partial charge in [-0.15, -0.1) is 0 Å². The van der Waals surface area contributed by atoms with E-state index in [1.807, 2.05) is 38.1 Å². The molecule has 0 radical (unpaired) electrons. The highest BCUT2D eigenvalue weighted by molar-refractivity contribution is 6.16. The van der Waals surface area contributed by atoms with Crippen molar-refractivity contribution < 1.29 is 24.2 Å². The number of benzene rings is 2. The fourth-order valence-electron chi connectivity index (χ4n) is 3.56. The number of rotatable bonds is 8. The van der Waals surface area contributed by atoms with E-state index in [1.165, 1.54) is 18.2 Å². The first-order valence-corrected chi connectivity index (χ1v) is 10.4. The molecule has 32 heavy (non-hydrogen) atoms. The Kier molecular flexibility index (Phi) is 7.20. The Morgan fingerprint density at radius 2 is 1.78 bits per heavy atom. The maximum absolute atomic E-state index is 13.2. The van der Waals surface area contributed by atoms with E-state index < -0.39 is 17.9 Å². The van der Waals surface area contributed by atoms with Crippen molar-refractivity contribution in [3.63, 3.8) is 0 Å². The summed E-state index contributed by atoms with van der Waals surface area (Å²) in [5.41, 5.74) is 3.51. The number of carbonyl (C=O) groups excluding carboxylic acids is 2. The van der Waals surface area contributed by atoms with Gasteiger partial charge in [-0.1, -0.05) is 43.2 Å². The Hall–Kier alpha value is -3.74. The minimum absolute atomic E-state index is 0.0358. The standard InChI is InChI=1S/C25H26N2O5/c1-4-5-22-21(23(28)27(26-22)20-12-6-16(2)7-13-20)15-19(24(29)30)14-17-8-10-18(11-9-17)25(31)32-3/h6-14,21H,4-5,15H2,1-3H3,(H,29,30). The Bertz CT molecular complexity index is 1070. The van der Waals surface area contributed by atoms with E-state index in [1.54, 1.807) is 24.3 Å². The number of carbonyl (C=O) groups is 3. The molecular weight excluding hydrogens is 408 g/mol. The van der Waals surface area contributed by atoms with Crippen LogP contribution >= 0.6 is 0 Å². The van der Waals surface area contributed by atoms with Crippen molar-refractivity contribution in [2.24, 2.45) is 11.0 Å². The molecule has 1 aliphatic heterocycles. The number of carboxylic acids is 1. The van der Waals surface area contributed by atoms with E-state index in [9.17, 15) is 19.5 Å². The number of aliphatic carboxylic acids is 1. The molecule has 0 saturated carbocycles. The molecular formula is C25H26N2O5. The van der Waals surface area contributed by atoms with Crippen LogP contribution in [0.5, 0.6) is 0 Å². The summed E-state index contributed by atoms with van der Waals surface area (Å²) in [6.07, 6.45) is 2.97. The molecule has 1 unspecified atom stereocenters. The molecule has 2 aromatic rings. The first kappa shape index (κ1) is 22.9. The number of nitrogens with zero attached hydrogens (tertiary/aromatic N) is 2. The maximum atomic E-state index is 13.2. The minimum atomic E-state index is -1.10. The minimum Gasteiger partial charge on any atom is -0.478 e. The van der Waals surface area contributed by atoms with Crippen molar-refractivity contribution in [3.05, 3.63) is 70.8 Å². The molecule has 0 aliphatic carbocycles. The third kappa shape index (κ3) is 5.11. The normalized spacial score (nSPS) is 16.2. The molecule has 0 bridgehead atoms. The number of hydrogen-bond acceptors (Lipinski definition) is 5. The molecule has 1 heterocycles. The highest BCUT2D eigenvalue weighted by Gasteiger charge is 2.37. The van der Waals surface area contributed by atoms with Crippen LogP contribution in [0.1, 0.15) is 47.7 Å². The Morgan fingerprint density at radius 1 is 1.12 bits per heavy atom. The zero-order chi connectivity index (χ0) is 23.3. The third-order valence-corrected chi connectivity index (χ3v) is 5.29. The van der Waals surface area contributed by atoms with Gasteiger partial charge < -0.3 is 9.84 Å². The molecule has 166 valence electrons. The first-order valence-electron chi connectivity index (χ1n) is 10.4. The van der Waals surface area contributed by atoms with Gasteiger partial charge in [0.05, 0.1) is 30.0 Å². The molecule has 2 aromatic carbocycles. The number of methoxy groups -OCH3 is 1. The van der Waals surface area contributed by atoms with Gasteiger partial charge in [0.2, 0.25) is 0 Å². The van der Waals surface area contributed by atoms with Gasteiger partial charge in [0, 0.05) is 5.57 Å². The van der Waals surface area contributed by atoms with Crippen molar-refractivity contribution in [2.45, 2.75) is 33.1 Å². The summed E-state index contributed by atoms with van der Waals surface area (Å²) >= 11 is 0. The Balaban J connectivity index is 1.87. The summed E-state index contributed by atoms with van der Waals surface area (Å²) in [4.78, 5) is 36.7. The highest BCUT2D eigenvalue weighted by Crippen LogP contribution is 2.30. The zero-order valence-corrected chi connectivity index (χ0v) is 18.4. The van der Waals surface area contributed by atoms with Gasteiger partial charge >= 0.3 is 11.9 Å². The SMILES string of the molecule is CCCC1=NN(c2ccc(C)cc2)C(=O)C1CC(=Cc1ccc(C(=O)OC)cc1)C(=O)O. The first-order chi connectivity index (χ1) is 15.3. The van der Waals surface area contributed by atoms with Gasteiger partial charge in [-0.3, -0.25) is 4.79 Å². The van der Waals surface area contributed by atoms with Crippen molar-refractivity contribution in [1.29, 1.82) is 0 Å². The van der Waals surface area contributed by atoms with Crippen molar-refractivity contribution in [2.75, 3.05) is 12.1 Å². The van der Waals surface area contributed by atoms with Crippen LogP contribution in [0.4, 0.5) is 5.69 Å². The topological polar surface area (TPSA) is 96.3 Å². The second kappa shape index (κ2) is 10.0. The summed E-state index contributed by atoms with van der Waals surface area (Å²) < 4.78 is 4.68. The van der Waals surface area contributed by atoms with Gasteiger partial charge in [0.15, 0.2) is 0 Å². The second-order valence-corrected chi connectivity index (χ2v) is 7.67. The van der Waals surface area contributed by atoms with E-state index in [0.29, 0.717) is 28.9 Å². The number of hydrazone groups is 1. The Morgan fingerprint density at radius 3 is 2.34 bits per heavy atom. The molecule has 0 saturated heterocycles. The van der Waals surface area contributed by atoms with E-state index in [4.69, 9.17) is 0 Å². The summed E-state index contributed by atoms with van der Waals surface area (Å²) in [5.74, 6) is -2.43. The quantitative estimate of drug-likeness (QED) is 0.489. The number of ether oxygens (including phenoxy) is 1. The number of hydrogen-bond donors (Lipinski definition) is 1. The van der Waals surface area contributed by atoms with Crippen LogP contribution in [0.15, 0.2) is 59.2 Å². The van der Waals surface area contributed by atoms with Crippen LogP contribution in [0.2, 0.25) is 0 Å². The molecule has 7 heteroatoms. The summed E-state index contributed by atoms with van der Waals surface area (Å²) in [6, 6.07) is 13.9. The lowest BCUT2D eigenvalue weighted by Crippen LogP contribution is -2.28. The molecule has 1 aliphatic rings. The molecule has 0 spiro atoms. The molecule has 0 fully saturated rings. The number of esters is 1. The van der Waals surface area contributed by atoms with E-state index in [-0.39, 0.29) is 17.9 Å². The lowest BCUT2D eigenvalue weighted by molar-refractivity contribution is -0.132. The average Bonchev–Trinajstić information content (AvgIpc) is 3.09. The largest absolute Gasteiger partial charge is 0.478 e. The molecule has 1 atom stereocenters. The Labute approximate surface area is 187 Å². The summed E-state index contributed by atoms with van der Waals surface area (Å²) in [7, 11) is 1.30. The van der Waals surface area contributed by atoms with Crippen LogP contribution in [0.3, 0.4) is 0 Å². The van der Waals surface area contributed by atoms with Gasteiger partial charge in [-0.25, -0.2) is 14.6 Å². The van der Waals surface area contributed by atoms with Crippen LogP contribution < -0.4 is 5.01 Å². The monoisotopic (exact) mass is 434 g/mol. The average molecular weight is 434 g/mol. The van der Waals surface area contributed by atoms with E-state index in [2.05, 4.69) is 9.84 Å². The number of anilines is 1. The van der Waals surface area contributed by atoms with Gasteiger partial charge in [-0.05, 0) is 55.7 Å². The smallest absolute Gasteiger partial charge is 0.337 e. The lowest BCUT2D eigenvalue weighted by atomic mass is 9.91.